The minimum atomic E-state index is -0.261. The van der Waals surface area contributed by atoms with E-state index in [-0.39, 0.29) is 28.5 Å². The lowest BCUT2D eigenvalue weighted by atomic mass is 9.59. The summed E-state index contributed by atoms with van der Waals surface area (Å²) in [6.07, 6.45) is 7.51. The van der Waals surface area contributed by atoms with Crippen LogP contribution in [0.3, 0.4) is 0 Å². The number of hydrogen-bond donors (Lipinski definition) is 0. The molecule has 0 radical (unpaired) electrons. The minimum absolute atomic E-state index is 0.0493. The van der Waals surface area contributed by atoms with Crippen molar-refractivity contribution < 1.29 is 14.3 Å². The number of ketones is 1. The van der Waals surface area contributed by atoms with Gasteiger partial charge in [-0.1, -0.05) is 26.8 Å². The first-order valence-electron chi connectivity index (χ1n) is 9.29. The van der Waals surface area contributed by atoms with Gasteiger partial charge in [0, 0.05) is 0 Å². The molecule has 2 aliphatic carbocycles. The van der Waals surface area contributed by atoms with Crippen LogP contribution in [0, 0.1) is 17.3 Å². The number of Topliss-reactive ketones (excluding diaryl/α,β-unsaturated/α-hetero) is 1. The zero-order chi connectivity index (χ0) is 16.6. The molecule has 0 aromatic rings. The predicted molar refractivity (Wildman–Crippen MR) is 89.2 cm³/mol. The third kappa shape index (κ3) is 2.26. The van der Waals surface area contributed by atoms with Gasteiger partial charge in [-0.2, -0.15) is 0 Å². The minimum Gasteiger partial charge on any atom is -0.366 e. The maximum Gasteiger partial charge on any atom is 0.190 e. The van der Waals surface area contributed by atoms with Crippen LogP contribution in [0.15, 0.2) is 11.6 Å². The molecule has 7 atom stereocenters. The summed E-state index contributed by atoms with van der Waals surface area (Å²) >= 11 is 0. The highest BCUT2D eigenvalue weighted by molar-refractivity contribution is 6.02. The lowest BCUT2D eigenvalue weighted by Gasteiger charge is -2.45. The van der Waals surface area contributed by atoms with Crippen molar-refractivity contribution >= 4 is 5.78 Å². The Morgan fingerprint density at radius 1 is 1.04 bits per heavy atom. The van der Waals surface area contributed by atoms with Crippen LogP contribution in [-0.4, -0.2) is 29.2 Å². The first-order chi connectivity index (χ1) is 10.7. The van der Waals surface area contributed by atoms with E-state index in [9.17, 15) is 4.79 Å². The molecule has 0 unspecified atom stereocenters. The molecule has 0 amide bonds. The normalized spacial score (nSPS) is 55.7. The highest BCUT2D eigenvalue weighted by Gasteiger charge is 2.61. The number of fused-ring (bicyclic) bond motifs is 4. The molecule has 4 rings (SSSR count). The second-order valence-corrected chi connectivity index (χ2v) is 9.16. The molecule has 2 saturated heterocycles. The highest BCUT2D eigenvalue weighted by Crippen LogP contribution is 2.55. The smallest absolute Gasteiger partial charge is 0.190 e. The number of allylic oxidation sites excluding steroid dienone is 1. The molecule has 128 valence electrons. The van der Waals surface area contributed by atoms with Gasteiger partial charge in [0.2, 0.25) is 0 Å². The quantitative estimate of drug-likeness (QED) is 0.633. The molecule has 0 N–H and O–H groups in total. The van der Waals surface area contributed by atoms with Crippen LogP contribution in [0.4, 0.5) is 0 Å². The maximum absolute atomic E-state index is 13.0. The van der Waals surface area contributed by atoms with Gasteiger partial charge < -0.3 is 9.47 Å². The SMILES string of the molecule is C[C@@H]1CC=C2C(=O)[C@H]3O[C@]3(C)CC[C@@H]3O[C@@]3(C)CC[C@@]1(C)[C@@H]2C. The van der Waals surface area contributed by atoms with E-state index in [0.29, 0.717) is 17.9 Å². The number of carbonyl (C=O) groups excluding carboxylic acids is 1. The lowest BCUT2D eigenvalue weighted by Crippen LogP contribution is -2.40. The Balaban J connectivity index is 1.68. The molecular formula is C20H30O3. The van der Waals surface area contributed by atoms with Crippen LogP contribution in [0.1, 0.15) is 66.7 Å². The zero-order valence-electron chi connectivity index (χ0n) is 15.1. The van der Waals surface area contributed by atoms with Gasteiger partial charge in [-0.15, -0.1) is 0 Å². The van der Waals surface area contributed by atoms with E-state index < -0.39 is 0 Å². The van der Waals surface area contributed by atoms with E-state index in [1.165, 1.54) is 0 Å². The van der Waals surface area contributed by atoms with Crippen LogP contribution >= 0.6 is 0 Å². The Kier molecular flexibility index (Phi) is 3.23. The molecule has 1 saturated carbocycles. The topological polar surface area (TPSA) is 42.1 Å². The van der Waals surface area contributed by atoms with Crippen molar-refractivity contribution in [2.24, 2.45) is 17.3 Å². The molecule has 0 spiro atoms. The fourth-order valence-corrected chi connectivity index (χ4v) is 5.03. The van der Waals surface area contributed by atoms with Gasteiger partial charge in [-0.3, -0.25) is 4.79 Å². The van der Waals surface area contributed by atoms with Crippen molar-refractivity contribution in [3.05, 3.63) is 11.6 Å². The number of carbonyl (C=O) groups is 1. The van der Waals surface area contributed by atoms with E-state index >= 15 is 0 Å². The molecule has 0 aromatic heterocycles. The summed E-state index contributed by atoms with van der Waals surface area (Å²) < 4.78 is 11.9. The molecule has 2 bridgehead atoms. The maximum atomic E-state index is 13.0. The van der Waals surface area contributed by atoms with Gasteiger partial charge in [0.25, 0.3) is 0 Å². The van der Waals surface area contributed by atoms with Gasteiger partial charge >= 0.3 is 0 Å². The number of ether oxygens (including phenoxy) is 2. The van der Waals surface area contributed by atoms with E-state index in [4.69, 9.17) is 9.47 Å². The van der Waals surface area contributed by atoms with Crippen molar-refractivity contribution in [1.29, 1.82) is 0 Å². The van der Waals surface area contributed by atoms with Crippen molar-refractivity contribution in [3.63, 3.8) is 0 Å². The number of hydrogen-bond acceptors (Lipinski definition) is 3. The van der Waals surface area contributed by atoms with Crippen LogP contribution in [0.5, 0.6) is 0 Å². The molecule has 3 heteroatoms. The number of epoxide rings is 2. The summed E-state index contributed by atoms with van der Waals surface area (Å²) in [5, 5.41) is 0. The molecule has 4 aliphatic rings. The largest absolute Gasteiger partial charge is 0.366 e. The second kappa shape index (κ2) is 4.70. The van der Waals surface area contributed by atoms with Crippen molar-refractivity contribution in [2.75, 3.05) is 0 Å². The van der Waals surface area contributed by atoms with E-state index in [1.54, 1.807) is 0 Å². The Bertz CT molecular complexity index is 581. The van der Waals surface area contributed by atoms with Crippen LogP contribution < -0.4 is 0 Å². The van der Waals surface area contributed by atoms with E-state index in [0.717, 1.165) is 37.7 Å². The van der Waals surface area contributed by atoms with E-state index in [1.807, 2.05) is 0 Å². The molecule has 23 heavy (non-hydrogen) atoms. The Hall–Kier alpha value is -0.670. The predicted octanol–water partition coefficient (Wildman–Crippen LogP) is 4.05. The van der Waals surface area contributed by atoms with Gasteiger partial charge in [0.15, 0.2) is 5.78 Å². The molecular weight excluding hydrogens is 288 g/mol. The third-order valence-electron chi connectivity index (χ3n) is 7.78. The fourth-order valence-electron chi connectivity index (χ4n) is 5.03. The summed E-state index contributed by atoms with van der Waals surface area (Å²) in [5.41, 5.74) is 0.985. The van der Waals surface area contributed by atoms with Crippen molar-refractivity contribution in [2.45, 2.75) is 90.1 Å². The third-order valence-corrected chi connectivity index (χ3v) is 7.78. The van der Waals surface area contributed by atoms with Crippen molar-refractivity contribution in [1.82, 2.24) is 0 Å². The van der Waals surface area contributed by atoms with Gasteiger partial charge in [0.05, 0.1) is 11.7 Å². The second-order valence-electron chi connectivity index (χ2n) is 9.16. The molecule has 3 nitrogen and oxygen atoms in total. The van der Waals surface area contributed by atoms with E-state index in [2.05, 4.69) is 40.7 Å². The summed E-state index contributed by atoms with van der Waals surface area (Å²) in [4.78, 5) is 13.0. The number of rotatable bonds is 0. The van der Waals surface area contributed by atoms with Gasteiger partial charge in [-0.05, 0) is 68.8 Å². The van der Waals surface area contributed by atoms with Crippen LogP contribution in [0.2, 0.25) is 0 Å². The summed E-state index contributed by atoms with van der Waals surface area (Å²) in [6.45, 7) is 11.3. The highest BCUT2D eigenvalue weighted by atomic mass is 16.6. The standard InChI is InChI=1S/C20H30O3/c1-12-6-7-14-13(2)18(12,3)10-11-19(4)15(22-19)8-9-20(5)17(23-20)16(14)21/h7,12-13,15,17H,6,8-11H2,1-5H3/t12-,13-,15+,17-,18-,19+,20-/m1/s1. The molecule has 3 fully saturated rings. The summed E-state index contributed by atoms with van der Waals surface area (Å²) in [7, 11) is 0. The first-order valence-corrected chi connectivity index (χ1v) is 9.29. The summed E-state index contributed by atoms with van der Waals surface area (Å²) in [6, 6.07) is 0. The average molecular weight is 318 g/mol. The fraction of sp³-hybridized carbons (Fsp3) is 0.850. The van der Waals surface area contributed by atoms with Crippen molar-refractivity contribution in [3.8, 4) is 0 Å². The van der Waals surface area contributed by atoms with Crippen LogP contribution in [0.25, 0.3) is 0 Å². The molecule has 2 heterocycles. The van der Waals surface area contributed by atoms with Gasteiger partial charge in [0.1, 0.15) is 11.7 Å². The van der Waals surface area contributed by atoms with Crippen LogP contribution in [-0.2, 0) is 14.3 Å². The lowest BCUT2D eigenvalue weighted by molar-refractivity contribution is -0.118. The Labute approximate surface area is 139 Å². The summed E-state index contributed by atoms with van der Waals surface area (Å²) in [5.74, 6) is 1.15. The Morgan fingerprint density at radius 3 is 2.52 bits per heavy atom. The zero-order valence-corrected chi connectivity index (χ0v) is 15.1. The monoisotopic (exact) mass is 318 g/mol. The molecule has 0 aromatic carbocycles. The Morgan fingerprint density at radius 2 is 1.78 bits per heavy atom. The molecule has 2 aliphatic heterocycles. The first kappa shape index (κ1) is 15.8. The van der Waals surface area contributed by atoms with Gasteiger partial charge in [-0.25, -0.2) is 0 Å². The average Bonchev–Trinajstić information content (AvgIpc) is 3.37.